The molecule has 2 aromatic carbocycles. The first-order valence-electron chi connectivity index (χ1n) is 29.6. The minimum Gasteiger partial charge on any atom is -0.490 e. The van der Waals surface area contributed by atoms with Crippen molar-refractivity contribution >= 4 is 29.7 Å². The van der Waals surface area contributed by atoms with Crippen LogP contribution in [-0.4, -0.2) is 31.3 Å². The summed E-state index contributed by atoms with van der Waals surface area (Å²) in [6, 6.07) is 12.6. The van der Waals surface area contributed by atoms with Crippen LogP contribution >= 0.6 is 24.8 Å². The number of unbranched alkanes of at least 4 members (excludes halogenated alkanes) is 36. The van der Waals surface area contributed by atoms with Crippen LogP contribution in [-0.2, 0) is 0 Å². The van der Waals surface area contributed by atoms with Gasteiger partial charge in [0.15, 0.2) is 23.0 Å². The predicted octanol–water partition coefficient (Wildman–Crippen LogP) is 21.3. The van der Waals surface area contributed by atoms with Gasteiger partial charge in [-0.05, 0) is 67.1 Å². The lowest BCUT2D eigenvalue weighted by atomic mass is 10.0. The summed E-state index contributed by atoms with van der Waals surface area (Å²) in [5.41, 5.74) is 1.98. The van der Waals surface area contributed by atoms with E-state index in [1.807, 2.05) is 0 Å². The molecule has 0 spiro atoms. The van der Waals surface area contributed by atoms with Crippen molar-refractivity contribution in [2.45, 2.75) is 290 Å². The summed E-state index contributed by atoms with van der Waals surface area (Å²) in [5.74, 6) is 3.25. The van der Waals surface area contributed by atoms with Gasteiger partial charge in [0.05, 0.1) is 31.7 Å². The zero-order valence-corrected chi connectivity index (χ0v) is 46.9. The van der Waals surface area contributed by atoms with Crippen molar-refractivity contribution in [1.29, 1.82) is 0 Å². The van der Waals surface area contributed by atoms with Crippen molar-refractivity contribution in [3.05, 3.63) is 47.5 Å². The minimum absolute atomic E-state index is 0.283. The first kappa shape index (κ1) is 62.2. The maximum absolute atomic E-state index is 6.53. The highest BCUT2D eigenvalue weighted by Gasteiger charge is 2.19. The maximum atomic E-state index is 6.53. The Morgan fingerprint density at radius 1 is 0.338 bits per heavy atom. The second-order valence-corrected chi connectivity index (χ2v) is 21.2. The molecule has 0 saturated carbocycles. The fraction of sp³-hybridized carbons (Fsp3) is 0.790. The van der Waals surface area contributed by atoms with Gasteiger partial charge in [-0.25, -0.2) is 0 Å². The Morgan fingerprint density at radius 2 is 0.588 bits per heavy atom. The summed E-state index contributed by atoms with van der Waals surface area (Å²) in [7, 11) is 0. The molecular weight excluding hydrogens is 873 g/mol. The Hall–Kier alpha value is -1.92. The summed E-state index contributed by atoms with van der Waals surface area (Å²) >= 11 is 11.4. The molecule has 0 radical (unpaired) electrons. The van der Waals surface area contributed by atoms with Crippen LogP contribution in [0.25, 0.3) is 0 Å². The molecule has 2 rings (SSSR count). The summed E-state index contributed by atoms with van der Waals surface area (Å²) in [6.07, 6.45) is 52.3. The van der Waals surface area contributed by atoms with Gasteiger partial charge >= 0.3 is 0 Å². The Bertz CT molecular complexity index is 1430. The van der Waals surface area contributed by atoms with Crippen molar-refractivity contribution in [2.24, 2.45) is 0 Å². The first-order chi connectivity index (χ1) is 33.5. The summed E-state index contributed by atoms with van der Waals surface area (Å²) in [4.78, 5) is 0.776. The molecule has 0 amide bonds. The Kier molecular flexibility index (Phi) is 42.2. The Morgan fingerprint density at radius 3 is 0.897 bits per heavy atom. The molecule has 0 heterocycles. The Labute approximate surface area is 433 Å². The normalized spacial score (nSPS) is 11.8. The molecule has 0 aliphatic heterocycles. The number of thiocarbonyl (C=S) groups is 1. The molecular formula is C62H108O4S2. The van der Waals surface area contributed by atoms with E-state index >= 15 is 0 Å². The van der Waals surface area contributed by atoms with Crippen LogP contribution < -0.4 is 18.9 Å². The van der Waals surface area contributed by atoms with E-state index in [9.17, 15) is 0 Å². The van der Waals surface area contributed by atoms with Crippen LogP contribution in [0.4, 0.5) is 0 Å². The number of hydrogen-bond donors (Lipinski definition) is 1. The van der Waals surface area contributed by atoms with Crippen LogP contribution in [0.3, 0.4) is 0 Å². The standard InChI is InChI=1S/C62H108O4S2/c1-5-9-13-17-21-25-29-33-37-41-49-63-57-47-45-55(53-59(57)65-51-43-39-35-31-27-23-19-15-11-7-3)61(67)62(68)56-46-48-58(64-50-42-38-34-30-26-22-18-14-10-6-2)60(54-56)66-52-44-40-36-32-28-24-20-16-12-8-4/h45-48,53-54,61,67H,5-44,49-52H2,1-4H3. The highest BCUT2D eigenvalue weighted by molar-refractivity contribution is 7.86. The third kappa shape index (κ3) is 32.9. The molecule has 0 aliphatic rings. The molecule has 2 aromatic rings. The van der Waals surface area contributed by atoms with Crippen molar-refractivity contribution in [3.63, 3.8) is 0 Å². The molecule has 0 fully saturated rings. The van der Waals surface area contributed by atoms with E-state index in [1.54, 1.807) is 0 Å². The highest BCUT2D eigenvalue weighted by Crippen LogP contribution is 2.37. The Balaban J connectivity index is 2.05. The third-order valence-electron chi connectivity index (χ3n) is 13.8. The predicted molar refractivity (Wildman–Crippen MR) is 306 cm³/mol. The summed E-state index contributed by atoms with van der Waals surface area (Å²) in [5, 5.41) is -0.283. The lowest BCUT2D eigenvalue weighted by molar-refractivity contribution is 0.258. The molecule has 68 heavy (non-hydrogen) atoms. The van der Waals surface area contributed by atoms with Crippen LogP contribution in [0.5, 0.6) is 23.0 Å². The van der Waals surface area contributed by atoms with Crippen molar-refractivity contribution in [3.8, 4) is 23.0 Å². The van der Waals surface area contributed by atoms with Gasteiger partial charge in [-0.15, -0.1) is 0 Å². The molecule has 0 N–H and O–H groups in total. The van der Waals surface area contributed by atoms with E-state index in [4.69, 9.17) is 43.8 Å². The fourth-order valence-electron chi connectivity index (χ4n) is 9.22. The van der Waals surface area contributed by atoms with E-state index in [0.29, 0.717) is 26.4 Å². The number of ether oxygens (including phenoxy) is 4. The number of thiol groups is 1. The van der Waals surface area contributed by atoms with Gasteiger partial charge in [-0.2, -0.15) is 12.6 Å². The van der Waals surface area contributed by atoms with E-state index in [2.05, 4.69) is 64.1 Å². The largest absolute Gasteiger partial charge is 0.490 e. The minimum atomic E-state index is -0.283. The van der Waals surface area contributed by atoms with Crippen molar-refractivity contribution < 1.29 is 18.9 Å². The number of hydrogen-bond acceptors (Lipinski definition) is 6. The second-order valence-electron chi connectivity index (χ2n) is 20.3. The third-order valence-corrected chi connectivity index (χ3v) is 15.0. The van der Waals surface area contributed by atoms with E-state index in [1.165, 1.54) is 231 Å². The zero-order chi connectivity index (χ0) is 48.8. The van der Waals surface area contributed by atoms with Gasteiger partial charge in [0.2, 0.25) is 0 Å². The van der Waals surface area contributed by atoms with Gasteiger partial charge in [0.25, 0.3) is 0 Å². The first-order valence-corrected chi connectivity index (χ1v) is 30.5. The van der Waals surface area contributed by atoms with Crippen molar-refractivity contribution in [1.82, 2.24) is 0 Å². The quantitative estimate of drug-likeness (QED) is 0.0309. The van der Waals surface area contributed by atoms with Gasteiger partial charge in [-0.3, -0.25) is 0 Å². The van der Waals surface area contributed by atoms with E-state index in [0.717, 1.165) is 64.7 Å². The average molecular weight is 982 g/mol. The highest BCUT2D eigenvalue weighted by atomic mass is 32.1. The summed E-state index contributed by atoms with van der Waals surface area (Å²) in [6.45, 7) is 12.0. The van der Waals surface area contributed by atoms with Gasteiger partial charge < -0.3 is 18.9 Å². The number of rotatable bonds is 51. The van der Waals surface area contributed by atoms with Crippen LogP contribution in [0.15, 0.2) is 36.4 Å². The monoisotopic (exact) mass is 981 g/mol. The molecule has 0 bridgehead atoms. The lowest BCUT2D eigenvalue weighted by Gasteiger charge is -2.19. The second kappa shape index (κ2) is 46.2. The molecule has 6 heteroatoms. The van der Waals surface area contributed by atoms with Crippen LogP contribution in [0.2, 0.25) is 0 Å². The van der Waals surface area contributed by atoms with Gasteiger partial charge in [0.1, 0.15) is 0 Å². The van der Waals surface area contributed by atoms with Gasteiger partial charge in [-0.1, -0.05) is 277 Å². The molecule has 392 valence electrons. The zero-order valence-electron chi connectivity index (χ0n) is 45.1. The van der Waals surface area contributed by atoms with E-state index < -0.39 is 0 Å². The van der Waals surface area contributed by atoms with Crippen molar-refractivity contribution in [2.75, 3.05) is 26.4 Å². The summed E-state index contributed by atoms with van der Waals surface area (Å²) < 4.78 is 25.9. The molecule has 1 unspecified atom stereocenters. The smallest absolute Gasteiger partial charge is 0.161 e. The molecule has 1 atom stereocenters. The van der Waals surface area contributed by atoms with Crippen LogP contribution in [0, 0.1) is 0 Å². The van der Waals surface area contributed by atoms with Crippen LogP contribution in [0.1, 0.15) is 301 Å². The SMILES string of the molecule is CCCCCCCCCCCCOc1ccc(C(=S)C(S)c2ccc(OCCCCCCCCCCCC)c(OCCCCCCCCCCCC)c2)cc1OCCCCCCCCCCCC. The van der Waals surface area contributed by atoms with Gasteiger partial charge in [0, 0.05) is 4.86 Å². The molecule has 0 aromatic heterocycles. The molecule has 0 aliphatic carbocycles. The topological polar surface area (TPSA) is 36.9 Å². The maximum Gasteiger partial charge on any atom is 0.161 e. The molecule has 0 saturated heterocycles. The fourth-order valence-corrected chi connectivity index (χ4v) is 9.79. The molecule has 4 nitrogen and oxygen atoms in total. The average Bonchev–Trinajstić information content (AvgIpc) is 3.35. The lowest BCUT2D eigenvalue weighted by Crippen LogP contribution is -2.09. The van der Waals surface area contributed by atoms with E-state index in [-0.39, 0.29) is 5.25 Å². The number of benzene rings is 2.